The molecule has 582 valence electrons. The normalized spacial score (nSPS) is 13.5. The highest BCUT2D eigenvalue weighted by atomic mass is 15.2. The summed E-state index contributed by atoms with van der Waals surface area (Å²) in [6.45, 7) is 49.4. The fourth-order valence-corrected chi connectivity index (χ4v) is 18.4. The van der Waals surface area contributed by atoms with Crippen LogP contribution in [-0.4, -0.2) is 15.8 Å². The molecule has 0 saturated carbocycles. The van der Waals surface area contributed by atoms with Gasteiger partial charge in [0.1, 0.15) is 0 Å². The predicted molar refractivity (Wildman–Crippen MR) is 507 cm³/mol. The first-order chi connectivity index (χ1) is 55.4. The van der Waals surface area contributed by atoms with Gasteiger partial charge in [-0.2, -0.15) is 0 Å². The summed E-state index contributed by atoms with van der Waals surface area (Å²) in [6.07, 6.45) is 0. The molecule has 0 amide bonds. The minimum absolute atomic E-state index is 0.113. The van der Waals surface area contributed by atoms with Crippen molar-refractivity contribution in [3.63, 3.8) is 0 Å². The molecule has 0 bridgehead atoms. The number of benzene rings is 14. The third-order valence-electron chi connectivity index (χ3n) is 25.3. The minimum Gasteiger partial charge on any atom is -0.311 e. The van der Waals surface area contributed by atoms with Gasteiger partial charge in [-0.05, 0) is 229 Å². The Morgan fingerprint density at radius 1 is 0.214 bits per heavy atom. The zero-order chi connectivity index (χ0) is 82.1. The quantitative estimate of drug-likeness (QED) is 0.134. The number of hydrogen-bond donors (Lipinski definition) is 0. The smallest absolute Gasteiger partial charge is 0.252 e. The summed E-state index contributed by atoms with van der Waals surface area (Å²) in [4.78, 5) is 5.54. The van der Waals surface area contributed by atoms with E-state index < -0.39 is 0 Å². The SMILES string of the molecule is CC(C)(C)c1cc(-c2ccc3c(c2)N(c2c(-c4ccccc4)cc(C(C)(C)C)cc2-c2ccccc2)c2cc(-n4c5ccc(C(C)(C)C)cc5c5cc(C(C)(C)C)ccc54)cc4c2B3c2ccc(-c3cc(C(C)(C)C)cc(C(C)(C)C)c3)cc2N4c2cc(-c3ccccc3)cc3c2c2ccccc2n3-c2ccccc2)cc(C(C)(C)C)c1. The van der Waals surface area contributed by atoms with Gasteiger partial charge in [0.05, 0.1) is 39.1 Å². The van der Waals surface area contributed by atoms with Crippen LogP contribution in [0.1, 0.15) is 184 Å². The Morgan fingerprint density at radius 3 is 1.02 bits per heavy atom. The first-order valence-corrected chi connectivity index (χ1v) is 42.4. The maximum Gasteiger partial charge on any atom is 0.252 e. The zero-order valence-electron chi connectivity index (χ0n) is 72.6. The molecule has 0 aliphatic carbocycles. The first kappa shape index (κ1) is 76.6. The Bertz CT molecular complexity index is 6440. The molecular formula is C112H111BN4. The lowest BCUT2D eigenvalue weighted by Gasteiger charge is -2.46. The van der Waals surface area contributed by atoms with Crippen LogP contribution in [0, 0.1) is 0 Å². The molecule has 2 aliphatic rings. The molecule has 0 N–H and O–H groups in total. The number of para-hydroxylation sites is 2. The molecular weight excluding hydrogens is 1410 g/mol. The summed E-state index contributed by atoms with van der Waals surface area (Å²) in [5, 5.41) is 4.84. The van der Waals surface area contributed by atoms with Gasteiger partial charge in [0.2, 0.25) is 0 Å². The van der Waals surface area contributed by atoms with Gasteiger partial charge in [-0.25, -0.2) is 0 Å². The van der Waals surface area contributed by atoms with Crippen LogP contribution in [0.25, 0.3) is 111 Å². The number of aromatic nitrogens is 2. The Balaban J connectivity index is 1.08. The molecule has 14 aromatic carbocycles. The van der Waals surface area contributed by atoms with E-state index in [1.807, 2.05) is 0 Å². The highest BCUT2D eigenvalue weighted by Crippen LogP contribution is 2.56. The van der Waals surface area contributed by atoms with Crippen molar-refractivity contribution in [1.82, 2.24) is 9.13 Å². The molecule has 4 nitrogen and oxygen atoms in total. The summed E-state index contributed by atoms with van der Waals surface area (Å²) in [6, 6.07) is 114. The fourth-order valence-electron chi connectivity index (χ4n) is 18.4. The van der Waals surface area contributed by atoms with Gasteiger partial charge in [0.25, 0.3) is 6.71 Å². The van der Waals surface area contributed by atoms with Gasteiger partial charge in [-0.15, -0.1) is 0 Å². The van der Waals surface area contributed by atoms with E-state index in [0.717, 1.165) is 101 Å². The molecule has 0 unspecified atom stereocenters. The lowest BCUT2D eigenvalue weighted by Crippen LogP contribution is -2.61. The second-order valence-corrected chi connectivity index (χ2v) is 40.8. The van der Waals surface area contributed by atoms with Gasteiger partial charge in [0, 0.05) is 61.1 Å². The van der Waals surface area contributed by atoms with Gasteiger partial charge < -0.3 is 18.9 Å². The molecule has 117 heavy (non-hydrogen) atoms. The van der Waals surface area contributed by atoms with Crippen molar-refractivity contribution < 1.29 is 0 Å². The highest BCUT2D eigenvalue weighted by Gasteiger charge is 2.46. The van der Waals surface area contributed by atoms with Crippen LogP contribution in [0.3, 0.4) is 0 Å². The van der Waals surface area contributed by atoms with E-state index in [-0.39, 0.29) is 44.6 Å². The molecule has 2 aromatic heterocycles. The number of anilines is 6. The van der Waals surface area contributed by atoms with Gasteiger partial charge in [-0.3, -0.25) is 0 Å². The van der Waals surface area contributed by atoms with Crippen LogP contribution in [0.4, 0.5) is 34.1 Å². The van der Waals surface area contributed by atoms with Crippen LogP contribution in [-0.2, 0) is 37.9 Å². The van der Waals surface area contributed by atoms with E-state index in [0.29, 0.717) is 0 Å². The first-order valence-electron chi connectivity index (χ1n) is 42.4. The Labute approximate surface area is 695 Å². The summed E-state index contributed by atoms with van der Waals surface area (Å²) in [5.41, 5.74) is 37.1. The van der Waals surface area contributed by atoms with E-state index in [9.17, 15) is 0 Å². The van der Waals surface area contributed by atoms with Crippen molar-refractivity contribution in [1.29, 1.82) is 0 Å². The lowest BCUT2D eigenvalue weighted by molar-refractivity contribution is 0.568. The van der Waals surface area contributed by atoms with E-state index in [2.05, 4.69) is 456 Å². The van der Waals surface area contributed by atoms with Gasteiger partial charge in [0.15, 0.2) is 0 Å². The molecule has 0 radical (unpaired) electrons. The summed E-state index contributed by atoms with van der Waals surface area (Å²) in [5.74, 6) is 0. The van der Waals surface area contributed by atoms with Crippen molar-refractivity contribution in [3.8, 4) is 67.0 Å². The number of fused-ring (bicyclic) bond motifs is 10. The molecule has 0 spiro atoms. The van der Waals surface area contributed by atoms with Crippen LogP contribution < -0.4 is 26.2 Å². The highest BCUT2D eigenvalue weighted by molar-refractivity contribution is 7.00. The average Bonchev–Trinajstić information content (AvgIpc) is 1.68. The predicted octanol–water partition coefficient (Wildman–Crippen LogP) is 29.4. The Morgan fingerprint density at radius 2 is 0.573 bits per heavy atom. The van der Waals surface area contributed by atoms with Crippen LogP contribution in [0.5, 0.6) is 0 Å². The fraction of sp³-hybridized carbons (Fsp3) is 0.250. The third kappa shape index (κ3) is 13.4. The molecule has 16 aromatic rings. The van der Waals surface area contributed by atoms with Crippen molar-refractivity contribution in [2.24, 2.45) is 0 Å². The molecule has 4 heterocycles. The monoisotopic (exact) mass is 1520 g/mol. The van der Waals surface area contributed by atoms with Crippen LogP contribution >= 0.6 is 0 Å². The Hall–Kier alpha value is -11.7. The van der Waals surface area contributed by atoms with Gasteiger partial charge >= 0.3 is 0 Å². The second-order valence-electron chi connectivity index (χ2n) is 40.8. The number of hydrogen-bond acceptors (Lipinski definition) is 2. The summed E-state index contributed by atoms with van der Waals surface area (Å²) in [7, 11) is 0. The summed E-state index contributed by atoms with van der Waals surface area (Å²) >= 11 is 0. The van der Waals surface area contributed by atoms with Crippen molar-refractivity contribution in [2.75, 3.05) is 9.80 Å². The summed E-state index contributed by atoms with van der Waals surface area (Å²) < 4.78 is 5.16. The van der Waals surface area contributed by atoms with Crippen molar-refractivity contribution >= 4 is 101 Å². The Kier molecular flexibility index (Phi) is 18.0. The lowest BCUT2D eigenvalue weighted by atomic mass is 9.33. The minimum atomic E-state index is -0.281. The van der Waals surface area contributed by atoms with Crippen LogP contribution in [0.15, 0.2) is 291 Å². The van der Waals surface area contributed by atoms with Crippen LogP contribution in [0.2, 0.25) is 0 Å². The maximum absolute atomic E-state index is 2.77. The number of rotatable bonds is 9. The molecule has 18 rings (SSSR count). The maximum atomic E-state index is 2.77. The average molecular weight is 1520 g/mol. The molecule has 0 atom stereocenters. The van der Waals surface area contributed by atoms with Gasteiger partial charge in [-0.1, -0.05) is 346 Å². The zero-order valence-corrected chi connectivity index (χ0v) is 72.6. The molecule has 5 heteroatoms. The van der Waals surface area contributed by atoms with E-state index >= 15 is 0 Å². The standard InChI is InChI=1S/C112H111BN4/c1-106(2,3)78-48-52-95-90(64-78)91-65-79(107(4,5)6)49-53-96(91)115(95)86-68-101-104-102(69-86)117(105-88(71-38-28-23-29-39-71)66-84(112(19,20)21)67-89(105)72-40-30-24-31-41-72)98-59-74(76-56-82(110(13,14)15)63-83(57-76)111(16,17)18)47-51-93(98)113(104)92-50-46-73(75-54-80(108(7,8)9)62-81(55-75)109(10,11)12)58-97(92)116(101)100-61-77(70-36-26-22-27-37-70)60-99-103(100)87-44-34-35-45-94(87)114(99)85-42-32-25-33-43-85/h22-69H,1-21H3. The largest absolute Gasteiger partial charge is 0.311 e. The van der Waals surface area contributed by atoms with E-state index in [1.54, 1.807) is 0 Å². The van der Waals surface area contributed by atoms with E-state index in [1.165, 1.54) is 99.1 Å². The van der Waals surface area contributed by atoms with Crippen molar-refractivity contribution in [3.05, 3.63) is 330 Å². The molecule has 2 aliphatic heterocycles. The molecule has 0 saturated heterocycles. The van der Waals surface area contributed by atoms with E-state index in [4.69, 9.17) is 0 Å². The van der Waals surface area contributed by atoms with Crippen molar-refractivity contribution in [2.45, 2.75) is 183 Å². The second kappa shape index (κ2) is 27.5. The number of nitrogens with zero attached hydrogens (tertiary/aromatic N) is 4. The third-order valence-corrected chi connectivity index (χ3v) is 25.3. The molecule has 0 fully saturated rings. The topological polar surface area (TPSA) is 16.3 Å².